The Morgan fingerprint density at radius 3 is 2.25 bits per heavy atom. The monoisotopic (exact) mass is 237 g/mol. The van der Waals surface area contributed by atoms with Crippen molar-refractivity contribution in [2.45, 2.75) is 25.2 Å². The Balaban J connectivity index is 3.09. The number of rotatable bonds is 2. The molecular weight excluding hydrogens is 226 g/mol. The van der Waals surface area contributed by atoms with Gasteiger partial charge in [0.15, 0.2) is 0 Å². The fraction of sp³-hybridized carbons (Fsp3) is 0.400. The summed E-state index contributed by atoms with van der Waals surface area (Å²) in [6, 6.07) is 1.57. The van der Waals surface area contributed by atoms with Gasteiger partial charge in [-0.05, 0) is 24.6 Å². The molecule has 0 saturated heterocycles. The topological polar surface area (TPSA) is 46.2 Å². The normalized spacial score (nSPS) is 15.9. The lowest BCUT2D eigenvalue weighted by molar-refractivity contribution is -0.140. The highest BCUT2D eigenvalue weighted by Crippen LogP contribution is 2.32. The zero-order valence-electron chi connectivity index (χ0n) is 8.42. The van der Waals surface area contributed by atoms with Crippen molar-refractivity contribution in [3.05, 3.63) is 35.1 Å². The van der Waals surface area contributed by atoms with Crippen molar-refractivity contribution in [2.24, 2.45) is 5.73 Å². The van der Waals surface area contributed by atoms with Crippen molar-refractivity contribution >= 4 is 0 Å². The molecule has 0 unspecified atom stereocenters. The molecule has 0 aliphatic heterocycles. The van der Waals surface area contributed by atoms with Crippen LogP contribution in [0.2, 0.25) is 0 Å². The minimum absolute atomic E-state index is 0.0282. The summed E-state index contributed by atoms with van der Waals surface area (Å²) >= 11 is 0. The quantitative estimate of drug-likeness (QED) is 0.775. The third-order valence-corrected chi connectivity index (χ3v) is 2.14. The summed E-state index contributed by atoms with van der Waals surface area (Å²) in [6.45, 7) is 1.47. The Hall–Kier alpha value is -1.14. The van der Waals surface area contributed by atoms with E-state index < -0.39 is 29.7 Å². The number of halogens is 4. The molecule has 0 amide bonds. The van der Waals surface area contributed by atoms with Gasteiger partial charge in [0.25, 0.3) is 0 Å². The van der Waals surface area contributed by atoms with Crippen LogP contribution in [0.15, 0.2) is 18.2 Å². The van der Waals surface area contributed by atoms with Crippen LogP contribution in [-0.2, 0) is 6.18 Å². The highest BCUT2D eigenvalue weighted by atomic mass is 19.4. The highest BCUT2D eigenvalue weighted by molar-refractivity contribution is 5.28. The van der Waals surface area contributed by atoms with Gasteiger partial charge in [-0.3, -0.25) is 0 Å². The van der Waals surface area contributed by atoms with Crippen LogP contribution in [0, 0.1) is 5.82 Å². The molecule has 90 valence electrons. The van der Waals surface area contributed by atoms with Crippen molar-refractivity contribution in [1.29, 1.82) is 0 Å². The Morgan fingerprint density at radius 1 is 1.31 bits per heavy atom. The third kappa shape index (κ3) is 2.70. The predicted octanol–water partition coefficient (Wildman–Crippen LogP) is 2.23. The third-order valence-electron chi connectivity index (χ3n) is 2.14. The van der Waals surface area contributed by atoms with E-state index in [4.69, 9.17) is 5.73 Å². The zero-order valence-corrected chi connectivity index (χ0v) is 8.42. The lowest BCUT2D eigenvalue weighted by Gasteiger charge is -2.16. The maximum Gasteiger partial charge on any atom is 0.419 e. The minimum Gasteiger partial charge on any atom is -0.387 e. The van der Waals surface area contributed by atoms with Gasteiger partial charge in [0.1, 0.15) is 5.82 Å². The van der Waals surface area contributed by atoms with E-state index in [2.05, 4.69) is 0 Å². The molecule has 0 aromatic heterocycles. The summed E-state index contributed by atoms with van der Waals surface area (Å²) in [4.78, 5) is 0. The van der Waals surface area contributed by atoms with E-state index in [1.165, 1.54) is 6.92 Å². The Bertz CT molecular complexity index is 376. The van der Waals surface area contributed by atoms with Gasteiger partial charge in [-0.1, -0.05) is 6.07 Å². The minimum atomic E-state index is -4.73. The van der Waals surface area contributed by atoms with Gasteiger partial charge in [-0.25, -0.2) is 4.39 Å². The Labute approximate surface area is 89.7 Å². The second-order valence-electron chi connectivity index (χ2n) is 3.54. The smallest absolute Gasteiger partial charge is 0.387 e. The highest BCUT2D eigenvalue weighted by Gasteiger charge is 2.34. The average Bonchev–Trinajstić information content (AvgIpc) is 2.14. The summed E-state index contributed by atoms with van der Waals surface area (Å²) in [5, 5.41) is 9.44. The zero-order chi connectivity index (χ0) is 12.5. The van der Waals surface area contributed by atoms with Crippen molar-refractivity contribution in [1.82, 2.24) is 0 Å². The molecule has 0 radical (unpaired) electrons. The van der Waals surface area contributed by atoms with E-state index in [9.17, 15) is 22.7 Å². The first-order valence-corrected chi connectivity index (χ1v) is 4.53. The lowest BCUT2D eigenvalue weighted by atomic mass is 10.0. The van der Waals surface area contributed by atoms with Gasteiger partial charge in [-0.15, -0.1) is 0 Å². The number of aliphatic hydroxyl groups is 1. The van der Waals surface area contributed by atoms with E-state index in [0.29, 0.717) is 12.1 Å². The molecule has 2 nitrogen and oxygen atoms in total. The average molecular weight is 237 g/mol. The van der Waals surface area contributed by atoms with Crippen LogP contribution in [0.1, 0.15) is 24.2 Å². The van der Waals surface area contributed by atoms with E-state index in [1.807, 2.05) is 0 Å². The molecule has 16 heavy (non-hydrogen) atoms. The van der Waals surface area contributed by atoms with Gasteiger partial charge in [0, 0.05) is 6.04 Å². The van der Waals surface area contributed by atoms with Crippen LogP contribution in [-0.4, -0.2) is 11.1 Å². The number of aliphatic hydroxyl groups excluding tert-OH is 1. The van der Waals surface area contributed by atoms with Crippen molar-refractivity contribution < 1.29 is 22.7 Å². The molecule has 0 fully saturated rings. The van der Waals surface area contributed by atoms with Gasteiger partial charge in [-0.2, -0.15) is 13.2 Å². The number of alkyl halides is 3. The summed E-state index contributed by atoms with van der Waals surface area (Å²) in [6.07, 6.45) is -5.92. The standard InChI is InChI=1S/C10H11F4NO/c1-5(15)9(16)6-2-3-7(8(11)4-6)10(12,13)14/h2-5,9,16H,15H2,1H3/t5-,9-/m0/s1. The van der Waals surface area contributed by atoms with Crippen molar-refractivity contribution in [3.8, 4) is 0 Å². The summed E-state index contributed by atoms with van der Waals surface area (Å²) < 4.78 is 49.7. The molecule has 1 rings (SSSR count). The molecule has 6 heteroatoms. The molecule has 0 spiro atoms. The maximum atomic E-state index is 13.1. The summed E-state index contributed by atoms with van der Waals surface area (Å²) in [5.41, 5.74) is 4.02. The maximum absolute atomic E-state index is 13.1. The Kier molecular flexibility index (Phi) is 3.54. The van der Waals surface area contributed by atoms with Gasteiger partial charge in [0.2, 0.25) is 0 Å². The van der Waals surface area contributed by atoms with Gasteiger partial charge in [0.05, 0.1) is 11.7 Å². The van der Waals surface area contributed by atoms with Crippen LogP contribution in [0.3, 0.4) is 0 Å². The number of hydrogen-bond donors (Lipinski definition) is 2. The van der Waals surface area contributed by atoms with Crippen LogP contribution < -0.4 is 5.73 Å². The summed E-state index contributed by atoms with van der Waals surface area (Å²) in [5.74, 6) is -1.41. The van der Waals surface area contributed by atoms with Crippen LogP contribution in [0.4, 0.5) is 17.6 Å². The molecule has 2 atom stereocenters. The second-order valence-corrected chi connectivity index (χ2v) is 3.54. The Morgan fingerprint density at radius 2 is 1.88 bits per heavy atom. The molecule has 0 aliphatic carbocycles. The first kappa shape index (κ1) is 12.9. The molecule has 0 heterocycles. The van der Waals surface area contributed by atoms with E-state index in [-0.39, 0.29) is 5.56 Å². The van der Waals surface area contributed by atoms with Crippen LogP contribution in [0.25, 0.3) is 0 Å². The van der Waals surface area contributed by atoms with Crippen LogP contribution >= 0.6 is 0 Å². The fourth-order valence-electron chi connectivity index (χ4n) is 1.25. The van der Waals surface area contributed by atoms with Crippen molar-refractivity contribution in [2.75, 3.05) is 0 Å². The number of nitrogens with two attached hydrogens (primary N) is 1. The SMILES string of the molecule is C[C@H](N)[C@H](O)c1ccc(C(F)(F)F)c(F)c1. The second kappa shape index (κ2) is 4.39. The number of hydrogen-bond acceptors (Lipinski definition) is 2. The molecule has 1 aromatic carbocycles. The first-order chi connectivity index (χ1) is 7.23. The van der Waals surface area contributed by atoms with Crippen LogP contribution in [0.5, 0.6) is 0 Å². The first-order valence-electron chi connectivity index (χ1n) is 4.53. The number of benzene rings is 1. The summed E-state index contributed by atoms with van der Waals surface area (Å²) in [7, 11) is 0. The van der Waals surface area contributed by atoms with Gasteiger partial charge >= 0.3 is 6.18 Å². The lowest BCUT2D eigenvalue weighted by Crippen LogP contribution is -2.24. The molecule has 0 aliphatic rings. The van der Waals surface area contributed by atoms with Gasteiger partial charge < -0.3 is 10.8 Å². The molecule has 0 bridgehead atoms. The largest absolute Gasteiger partial charge is 0.419 e. The predicted molar refractivity (Wildman–Crippen MR) is 50.0 cm³/mol. The molecule has 0 saturated carbocycles. The van der Waals surface area contributed by atoms with E-state index in [0.717, 1.165) is 6.07 Å². The molecule has 3 N–H and O–H groups in total. The van der Waals surface area contributed by atoms with E-state index in [1.54, 1.807) is 0 Å². The molecular formula is C10H11F4NO. The van der Waals surface area contributed by atoms with Crippen molar-refractivity contribution in [3.63, 3.8) is 0 Å². The molecule has 1 aromatic rings. The van der Waals surface area contributed by atoms with E-state index >= 15 is 0 Å². The fourth-order valence-corrected chi connectivity index (χ4v) is 1.25.